The van der Waals surface area contributed by atoms with Crippen molar-refractivity contribution in [3.63, 3.8) is 0 Å². The van der Waals surface area contributed by atoms with Crippen molar-refractivity contribution in [2.45, 2.75) is 13.5 Å². The number of esters is 1. The second-order valence-electron chi connectivity index (χ2n) is 4.99. The molecule has 6 nitrogen and oxygen atoms in total. The number of hydrogen-bond acceptors (Lipinski definition) is 6. The highest BCUT2D eigenvalue weighted by Crippen LogP contribution is 2.19. The van der Waals surface area contributed by atoms with Gasteiger partial charge in [0.2, 0.25) is 11.8 Å². The second kappa shape index (κ2) is 7.41. The molecule has 0 saturated carbocycles. The maximum atomic E-state index is 12.0. The summed E-state index contributed by atoms with van der Waals surface area (Å²) in [6, 6.07) is 16.7. The van der Waals surface area contributed by atoms with Crippen molar-refractivity contribution in [3.05, 3.63) is 66.1 Å². The summed E-state index contributed by atoms with van der Waals surface area (Å²) in [7, 11) is 0. The summed E-state index contributed by atoms with van der Waals surface area (Å²) >= 11 is 0. The van der Waals surface area contributed by atoms with Gasteiger partial charge in [-0.3, -0.25) is 0 Å². The number of hydrogen-bond donors (Lipinski definition) is 1. The fraction of sp³-hybridized carbons (Fsp3) is 0.167. The van der Waals surface area contributed by atoms with Crippen molar-refractivity contribution >= 4 is 11.7 Å². The van der Waals surface area contributed by atoms with E-state index in [0.29, 0.717) is 36.2 Å². The molecule has 1 heterocycles. The maximum absolute atomic E-state index is 12.0. The molecule has 122 valence electrons. The fourth-order valence-corrected chi connectivity index (χ4v) is 2.22. The van der Waals surface area contributed by atoms with Crippen molar-refractivity contribution in [1.82, 2.24) is 10.2 Å². The van der Waals surface area contributed by atoms with Gasteiger partial charge in [0.1, 0.15) is 0 Å². The molecule has 1 N–H and O–H groups in total. The lowest BCUT2D eigenvalue weighted by atomic mass is 10.2. The van der Waals surface area contributed by atoms with Gasteiger partial charge < -0.3 is 14.5 Å². The molecule has 0 unspecified atom stereocenters. The number of nitrogens with one attached hydrogen (secondary N) is 1. The lowest BCUT2D eigenvalue weighted by Gasteiger charge is -2.09. The normalized spacial score (nSPS) is 10.4. The van der Waals surface area contributed by atoms with Gasteiger partial charge in [-0.2, -0.15) is 0 Å². The first-order chi connectivity index (χ1) is 11.8. The third-order valence-electron chi connectivity index (χ3n) is 3.34. The smallest absolute Gasteiger partial charge is 0.340 e. The predicted molar refractivity (Wildman–Crippen MR) is 89.5 cm³/mol. The highest BCUT2D eigenvalue weighted by atomic mass is 16.5. The van der Waals surface area contributed by atoms with Crippen molar-refractivity contribution in [3.8, 4) is 11.5 Å². The minimum absolute atomic E-state index is 0.316. The van der Waals surface area contributed by atoms with Gasteiger partial charge in [0.25, 0.3) is 0 Å². The Morgan fingerprint density at radius 3 is 2.62 bits per heavy atom. The van der Waals surface area contributed by atoms with Crippen LogP contribution in [0.2, 0.25) is 0 Å². The highest BCUT2D eigenvalue weighted by Gasteiger charge is 2.13. The molecular formula is C18H17N3O3. The van der Waals surface area contributed by atoms with Crippen LogP contribution in [-0.4, -0.2) is 22.8 Å². The molecule has 2 aromatic carbocycles. The largest absolute Gasteiger partial charge is 0.462 e. The minimum Gasteiger partial charge on any atom is -0.462 e. The molecule has 0 saturated heterocycles. The lowest BCUT2D eigenvalue weighted by molar-refractivity contribution is 0.0527. The molecule has 0 atom stereocenters. The molecular weight excluding hydrogens is 306 g/mol. The van der Waals surface area contributed by atoms with Crippen LogP contribution in [0.4, 0.5) is 5.69 Å². The summed E-state index contributed by atoms with van der Waals surface area (Å²) in [5, 5.41) is 11.2. The van der Waals surface area contributed by atoms with E-state index >= 15 is 0 Å². The summed E-state index contributed by atoms with van der Waals surface area (Å²) in [5.74, 6) is 0.537. The summed E-state index contributed by atoms with van der Waals surface area (Å²) in [6.07, 6.45) is 0. The summed E-state index contributed by atoms with van der Waals surface area (Å²) < 4.78 is 10.7. The number of aromatic nitrogens is 2. The molecule has 0 aliphatic rings. The summed E-state index contributed by atoms with van der Waals surface area (Å²) in [5.41, 5.74) is 2.00. The van der Waals surface area contributed by atoms with Gasteiger partial charge in [0.05, 0.1) is 18.7 Å². The zero-order valence-corrected chi connectivity index (χ0v) is 13.2. The van der Waals surface area contributed by atoms with E-state index in [9.17, 15) is 4.79 Å². The van der Waals surface area contributed by atoms with E-state index in [1.807, 2.05) is 36.4 Å². The number of ether oxygens (including phenoxy) is 1. The van der Waals surface area contributed by atoms with Crippen molar-refractivity contribution in [2.24, 2.45) is 0 Å². The number of carbonyl (C=O) groups excluding carboxylic acids is 1. The first kappa shape index (κ1) is 15.7. The maximum Gasteiger partial charge on any atom is 0.340 e. The SMILES string of the molecule is CCOC(=O)c1ccccc1NCc1nnc(-c2ccccc2)o1. The van der Waals surface area contributed by atoms with Crippen molar-refractivity contribution in [1.29, 1.82) is 0 Å². The Hall–Kier alpha value is -3.15. The van der Waals surface area contributed by atoms with Crippen LogP contribution in [-0.2, 0) is 11.3 Å². The standard InChI is InChI=1S/C18H17N3O3/c1-2-23-18(22)14-10-6-7-11-15(14)19-12-16-20-21-17(24-16)13-8-4-3-5-9-13/h3-11,19H,2,12H2,1H3. The van der Waals surface area contributed by atoms with Crippen LogP contribution < -0.4 is 5.32 Å². The van der Waals surface area contributed by atoms with Crippen LogP contribution >= 0.6 is 0 Å². The molecule has 3 aromatic rings. The van der Waals surface area contributed by atoms with Gasteiger partial charge in [-0.05, 0) is 31.2 Å². The molecule has 0 amide bonds. The van der Waals surface area contributed by atoms with Crippen LogP contribution in [0.3, 0.4) is 0 Å². The number of rotatable bonds is 6. The second-order valence-corrected chi connectivity index (χ2v) is 4.99. The number of nitrogens with zero attached hydrogens (tertiary/aromatic N) is 2. The van der Waals surface area contributed by atoms with Gasteiger partial charge in [-0.25, -0.2) is 4.79 Å². The Bertz CT molecular complexity index is 815. The zero-order valence-electron chi connectivity index (χ0n) is 13.2. The lowest BCUT2D eigenvalue weighted by Crippen LogP contribution is -2.09. The van der Waals surface area contributed by atoms with Crippen LogP contribution in [0.5, 0.6) is 0 Å². The average Bonchev–Trinajstić information content (AvgIpc) is 3.10. The fourth-order valence-electron chi connectivity index (χ4n) is 2.22. The molecule has 0 aliphatic carbocycles. The van der Waals surface area contributed by atoms with Crippen LogP contribution in [0.15, 0.2) is 59.0 Å². The van der Waals surface area contributed by atoms with E-state index in [1.165, 1.54) is 0 Å². The van der Waals surface area contributed by atoms with Gasteiger partial charge >= 0.3 is 5.97 Å². The number of para-hydroxylation sites is 1. The molecule has 0 bridgehead atoms. The van der Waals surface area contributed by atoms with Gasteiger partial charge in [-0.15, -0.1) is 10.2 Å². The predicted octanol–water partition coefficient (Wildman–Crippen LogP) is 3.53. The Labute approximate surface area is 139 Å². The third kappa shape index (κ3) is 3.60. The first-order valence-corrected chi connectivity index (χ1v) is 7.65. The first-order valence-electron chi connectivity index (χ1n) is 7.65. The average molecular weight is 323 g/mol. The van der Waals surface area contributed by atoms with Crippen molar-refractivity contribution in [2.75, 3.05) is 11.9 Å². The van der Waals surface area contributed by atoms with Gasteiger partial charge in [-0.1, -0.05) is 30.3 Å². The highest BCUT2D eigenvalue weighted by molar-refractivity contribution is 5.95. The third-order valence-corrected chi connectivity index (χ3v) is 3.34. The van der Waals surface area contributed by atoms with E-state index < -0.39 is 0 Å². The Morgan fingerprint density at radius 2 is 1.83 bits per heavy atom. The summed E-state index contributed by atoms with van der Waals surface area (Å²) in [4.78, 5) is 12.0. The van der Waals surface area contributed by atoms with E-state index in [4.69, 9.17) is 9.15 Å². The topological polar surface area (TPSA) is 77.2 Å². The van der Waals surface area contributed by atoms with E-state index in [1.54, 1.807) is 25.1 Å². The van der Waals surface area contributed by atoms with Crippen LogP contribution in [0.25, 0.3) is 11.5 Å². The zero-order chi connectivity index (χ0) is 16.8. The minimum atomic E-state index is -0.365. The van der Waals surface area contributed by atoms with E-state index in [-0.39, 0.29) is 5.97 Å². The molecule has 0 aliphatic heterocycles. The Balaban J connectivity index is 1.71. The van der Waals surface area contributed by atoms with Gasteiger partial charge in [0.15, 0.2) is 0 Å². The Morgan fingerprint density at radius 1 is 1.08 bits per heavy atom. The quantitative estimate of drug-likeness (QED) is 0.699. The van der Waals surface area contributed by atoms with Crippen LogP contribution in [0, 0.1) is 0 Å². The molecule has 6 heteroatoms. The molecule has 0 fully saturated rings. The molecule has 3 rings (SSSR count). The van der Waals surface area contributed by atoms with Gasteiger partial charge in [0, 0.05) is 11.3 Å². The molecule has 0 spiro atoms. The van der Waals surface area contributed by atoms with E-state index in [2.05, 4.69) is 15.5 Å². The molecule has 0 radical (unpaired) electrons. The number of anilines is 1. The van der Waals surface area contributed by atoms with Crippen molar-refractivity contribution < 1.29 is 13.9 Å². The number of carbonyl (C=O) groups is 1. The van der Waals surface area contributed by atoms with Crippen LogP contribution in [0.1, 0.15) is 23.2 Å². The number of benzene rings is 2. The summed E-state index contributed by atoms with van der Waals surface area (Å²) in [6.45, 7) is 2.42. The molecule has 1 aromatic heterocycles. The van der Waals surface area contributed by atoms with E-state index in [0.717, 1.165) is 5.56 Å². The molecule has 24 heavy (non-hydrogen) atoms. The Kier molecular flexibility index (Phi) is 4.86. The monoisotopic (exact) mass is 323 g/mol.